The van der Waals surface area contributed by atoms with Gasteiger partial charge in [0, 0.05) is 29.5 Å². The highest BCUT2D eigenvalue weighted by atomic mass is 79.9. The van der Waals surface area contributed by atoms with Crippen LogP contribution in [-0.4, -0.2) is 56.5 Å². The van der Waals surface area contributed by atoms with Gasteiger partial charge in [-0.25, -0.2) is 0 Å². The monoisotopic (exact) mass is 392 g/mol. The summed E-state index contributed by atoms with van der Waals surface area (Å²) in [6.45, 7) is 8.15. The van der Waals surface area contributed by atoms with Crippen LogP contribution < -0.4 is 0 Å². The molecule has 7 heteroatoms. The van der Waals surface area contributed by atoms with Crippen LogP contribution in [0, 0.1) is 10.8 Å². The molecule has 0 aromatic heterocycles. The molecule has 0 aromatic rings. The summed E-state index contributed by atoms with van der Waals surface area (Å²) >= 11 is 3.11. The molecule has 0 aliphatic carbocycles. The molecule has 2 heterocycles. The molecule has 23 heavy (non-hydrogen) atoms. The van der Waals surface area contributed by atoms with Crippen LogP contribution in [0.2, 0.25) is 0 Å². The standard InChI is InChI=1S/C16H25BrO6/c1-15(2)20-9-12(21-15)14-13(22-16(3,4)23-14)11(7-6-8-17)19-10-18-5/h11-14H,7,9-10H2,1-5H3/t11-,12-,13-,14-/m1/s1. The number of halogens is 1. The topological polar surface area (TPSA) is 55.4 Å². The van der Waals surface area contributed by atoms with E-state index in [2.05, 4.69) is 26.7 Å². The number of rotatable bonds is 6. The molecule has 0 N–H and O–H groups in total. The Morgan fingerprint density at radius 2 is 1.91 bits per heavy atom. The van der Waals surface area contributed by atoms with Gasteiger partial charge in [0.25, 0.3) is 0 Å². The normalized spacial score (nSPS) is 33.2. The van der Waals surface area contributed by atoms with Crippen LogP contribution >= 0.6 is 15.9 Å². The first-order valence-corrected chi connectivity index (χ1v) is 8.44. The summed E-state index contributed by atoms with van der Waals surface area (Å²) in [6.07, 6.45) is -0.644. The quantitative estimate of drug-likeness (QED) is 0.510. The van der Waals surface area contributed by atoms with Crippen molar-refractivity contribution in [3.63, 3.8) is 0 Å². The van der Waals surface area contributed by atoms with Crippen molar-refractivity contribution in [1.29, 1.82) is 0 Å². The maximum absolute atomic E-state index is 6.08. The van der Waals surface area contributed by atoms with Gasteiger partial charge in [0.1, 0.15) is 31.2 Å². The summed E-state index contributed by atoms with van der Waals surface area (Å²) < 4.78 is 34.6. The van der Waals surface area contributed by atoms with Gasteiger partial charge in [-0.15, -0.1) is 0 Å². The molecule has 4 atom stereocenters. The molecular weight excluding hydrogens is 368 g/mol. The second kappa shape index (κ2) is 7.79. The van der Waals surface area contributed by atoms with Gasteiger partial charge in [-0.05, 0) is 32.5 Å². The Labute approximate surface area is 146 Å². The first kappa shape index (κ1) is 19.1. The van der Waals surface area contributed by atoms with Gasteiger partial charge < -0.3 is 28.4 Å². The Balaban J connectivity index is 2.14. The molecule has 0 amide bonds. The van der Waals surface area contributed by atoms with E-state index in [1.165, 1.54) is 0 Å². The van der Waals surface area contributed by atoms with Crippen molar-refractivity contribution in [2.24, 2.45) is 0 Å². The van der Waals surface area contributed by atoms with Crippen LogP contribution in [0.1, 0.15) is 34.1 Å². The zero-order valence-corrected chi connectivity index (χ0v) is 15.8. The second-order valence-electron chi connectivity index (χ2n) is 6.52. The van der Waals surface area contributed by atoms with Gasteiger partial charge >= 0.3 is 0 Å². The van der Waals surface area contributed by atoms with Crippen molar-refractivity contribution in [2.75, 3.05) is 20.5 Å². The van der Waals surface area contributed by atoms with E-state index in [0.29, 0.717) is 13.0 Å². The lowest BCUT2D eigenvalue weighted by atomic mass is 10.0. The van der Waals surface area contributed by atoms with Crippen LogP contribution in [0.5, 0.6) is 0 Å². The first-order chi connectivity index (χ1) is 10.8. The summed E-state index contributed by atoms with van der Waals surface area (Å²) in [4.78, 5) is 2.71. The summed E-state index contributed by atoms with van der Waals surface area (Å²) in [5, 5.41) is 0. The van der Waals surface area contributed by atoms with Gasteiger partial charge in [0.05, 0.1) is 6.61 Å². The zero-order valence-electron chi connectivity index (χ0n) is 14.3. The molecule has 2 fully saturated rings. The second-order valence-corrected chi connectivity index (χ2v) is 6.92. The SMILES string of the molecule is COCO[C@H](CC#CBr)[C@H]1OC(C)(C)O[C@@H]1[C@H]1COC(C)(C)O1. The molecule has 132 valence electrons. The first-order valence-electron chi connectivity index (χ1n) is 7.64. The predicted octanol–water partition coefficient (Wildman–Crippen LogP) is 2.39. The van der Waals surface area contributed by atoms with E-state index in [4.69, 9.17) is 28.4 Å². The molecule has 0 saturated carbocycles. The van der Waals surface area contributed by atoms with Crippen LogP contribution in [-0.2, 0) is 28.4 Å². The Morgan fingerprint density at radius 1 is 1.17 bits per heavy atom. The maximum atomic E-state index is 6.08. The lowest BCUT2D eigenvalue weighted by Crippen LogP contribution is -2.45. The van der Waals surface area contributed by atoms with E-state index in [1.54, 1.807) is 7.11 Å². The Bertz CT molecular complexity index is 455. The molecular formula is C16H25BrO6. The van der Waals surface area contributed by atoms with E-state index in [9.17, 15) is 0 Å². The maximum Gasteiger partial charge on any atom is 0.164 e. The Morgan fingerprint density at radius 3 is 2.48 bits per heavy atom. The van der Waals surface area contributed by atoms with E-state index in [0.717, 1.165) is 0 Å². The number of hydrogen-bond donors (Lipinski definition) is 0. The van der Waals surface area contributed by atoms with Crippen LogP contribution in [0.3, 0.4) is 0 Å². The highest BCUT2D eigenvalue weighted by Gasteiger charge is 2.52. The zero-order chi connectivity index (χ0) is 17.1. The fraction of sp³-hybridized carbons (Fsp3) is 0.875. The third kappa shape index (κ3) is 5.13. The third-order valence-corrected chi connectivity index (χ3v) is 3.98. The molecule has 0 aromatic carbocycles. The highest BCUT2D eigenvalue weighted by Crippen LogP contribution is 2.37. The molecule has 6 nitrogen and oxygen atoms in total. The smallest absolute Gasteiger partial charge is 0.164 e. The molecule has 2 rings (SSSR count). The molecule has 2 aliphatic rings. The van der Waals surface area contributed by atoms with E-state index in [-0.39, 0.29) is 31.2 Å². The minimum absolute atomic E-state index is 0.162. The van der Waals surface area contributed by atoms with E-state index < -0.39 is 11.6 Å². The van der Waals surface area contributed by atoms with Crippen molar-refractivity contribution in [1.82, 2.24) is 0 Å². The molecule has 0 bridgehead atoms. The van der Waals surface area contributed by atoms with Crippen LogP contribution in [0.4, 0.5) is 0 Å². The average molecular weight is 393 g/mol. The summed E-state index contributed by atoms with van der Waals surface area (Å²) in [5.41, 5.74) is 0. The average Bonchev–Trinajstić information content (AvgIpc) is 2.98. The Kier molecular flexibility index (Phi) is 6.48. The van der Waals surface area contributed by atoms with Gasteiger partial charge in [0.2, 0.25) is 0 Å². The fourth-order valence-electron chi connectivity index (χ4n) is 2.83. The molecule has 0 spiro atoms. The summed E-state index contributed by atoms with van der Waals surface area (Å²) in [7, 11) is 1.58. The minimum Gasteiger partial charge on any atom is -0.359 e. The van der Waals surface area contributed by atoms with Crippen molar-refractivity contribution in [2.45, 2.75) is 70.1 Å². The molecule has 2 aliphatic heterocycles. The number of ether oxygens (including phenoxy) is 6. The highest BCUT2D eigenvalue weighted by molar-refractivity contribution is 9.12. The number of methoxy groups -OCH3 is 1. The van der Waals surface area contributed by atoms with Crippen molar-refractivity contribution in [3.05, 3.63) is 0 Å². The minimum atomic E-state index is -0.720. The summed E-state index contributed by atoms with van der Waals surface area (Å²) in [5.74, 6) is 1.63. The van der Waals surface area contributed by atoms with Gasteiger partial charge in [0.15, 0.2) is 11.6 Å². The summed E-state index contributed by atoms with van der Waals surface area (Å²) in [6, 6.07) is 0. The van der Waals surface area contributed by atoms with E-state index >= 15 is 0 Å². The lowest BCUT2D eigenvalue weighted by molar-refractivity contribution is -0.177. The van der Waals surface area contributed by atoms with Crippen molar-refractivity contribution < 1.29 is 28.4 Å². The van der Waals surface area contributed by atoms with Gasteiger partial charge in [-0.1, -0.05) is 5.92 Å². The van der Waals surface area contributed by atoms with Crippen molar-refractivity contribution in [3.8, 4) is 10.8 Å². The van der Waals surface area contributed by atoms with Crippen LogP contribution in [0.25, 0.3) is 0 Å². The fourth-order valence-corrected chi connectivity index (χ4v) is 3.00. The largest absolute Gasteiger partial charge is 0.359 e. The van der Waals surface area contributed by atoms with E-state index in [1.807, 2.05) is 27.7 Å². The molecule has 0 unspecified atom stereocenters. The van der Waals surface area contributed by atoms with Crippen molar-refractivity contribution >= 4 is 15.9 Å². The number of hydrogen-bond acceptors (Lipinski definition) is 6. The Hall–Kier alpha value is -0.200. The predicted molar refractivity (Wildman–Crippen MR) is 86.8 cm³/mol. The van der Waals surface area contributed by atoms with Gasteiger partial charge in [-0.3, -0.25) is 0 Å². The van der Waals surface area contributed by atoms with Gasteiger partial charge in [-0.2, -0.15) is 0 Å². The molecule has 0 radical (unpaired) electrons. The third-order valence-electron chi connectivity index (χ3n) is 3.70. The lowest BCUT2D eigenvalue weighted by Gasteiger charge is -2.28. The molecule has 2 saturated heterocycles. The van der Waals surface area contributed by atoms with Crippen LogP contribution in [0.15, 0.2) is 0 Å².